The molecule has 0 bridgehead atoms. The van der Waals surface area contributed by atoms with Crippen LogP contribution >= 0.6 is 23.2 Å². The number of furan rings is 1. The standard InChI is InChI=1S/C12H11Cl2NO2/c13-10-2-1-3-11(14)12(10)16-7-9-5-4-8(6-15)17-9/h1-5H,6-7,15H2. The highest BCUT2D eigenvalue weighted by molar-refractivity contribution is 6.37. The Balaban J connectivity index is 2.07. The Kier molecular flexibility index (Phi) is 3.94. The molecule has 2 N–H and O–H groups in total. The molecule has 0 amide bonds. The van der Waals surface area contributed by atoms with Gasteiger partial charge in [0.1, 0.15) is 18.1 Å². The zero-order valence-corrected chi connectivity index (χ0v) is 10.5. The van der Waals surface area contributed by atoms with Crippen molar-refractivity contribution in [3.05, 3.63) is 51.9 Å². The van der Waals surface area contributed by atoms with Gasteiger partial charge in [0, 0.05) is 0 Å². The number of nitrogens with two attached hydrogens (primary N) is 1. The van der Waals surface area contributed by atoms with Gasteiger partial charge < -0.3 is 14.9 Å². The molecule has 3 nitrogen and oxygen atoms in total. The fourth-order valence-electron chi connectivity index (χ4n) is 1.37. The summed E-state index contributed by atoms with van der Waals surface area (Å²) >= 11 is 11.9. The van der Waals surface area contributed by atoms with Crippen LogP contribution in [-0.4, -0.2) is 0 Å². The van der Waals surface area contributed by atoms with Gasteiger partial charge in [0.25, 0.3) is 0 Å². The molecular formula is C12H11Cl2NO2. The van der Waals surface area contributed by atoms with E-state index in [1.54, 1.807) is 18.2 Å². The zero-order chi connectivity index (χ0) is 12.3. The number of halogens is 2. The van der Waals surface area contributed by atoms with E-state index in [0.717, 1.165) is 0 Å². The summed E-state index contributed by atoms with van der Waals surface area (Å²) in [7, 11) is 0. The number of ether oxygens (including phenoxy) is 1. The second-order valence-corrected chi connectivity index (χ2v) is 4.23. The highest BCUT2D eigenvalue weighted by Gasteiger charge is 2.08. The van der Waals surface area contributed by atoms with Crippen molar-refractivity contribution in [2.75, 3.05) is 0 Å². The lowest BCUT2D eigenvalue weighted by molar-refractivity contribution is 0.266. The van der Waals surface area contributed by atoms with Crippen molar-refractivity contribution in [3.8, 4) is 5.75 Å². The summed E-state index contributed by atoms with van der Waals surface area (Å²) in [6.07, 6.45) is 0. The van der Waals surface area contributed by atoms with Crippen molar-refractivity contribution in [1.29, 1.82) is 0 Å². The van der Waals surface area contributed by atoms with Crippen molar-refractivity contribution in [2.45, 2.75) is 13.2 Å². The van der Waals surface area contributed by atoms with Crippen molar-refractivity contribution >= 4 is 23.2 Å². The minimum Gasteiger partial charge on any atom is -0.483 e. The third-order valence-electron chi connectivity index (χ3n) is 2.20. The number of para-hydroxylation sites is 1. The topological polar surface area (TPSA) is 48.4 Å². The van der Waals surface area contributed by atoms with Crippen LogP contribution in [0.2, 0.25) is 10.0 Å². The second-order valence-electron chi connectivity index (χ2n) is 3.41. The van der Waals surface area contributed by atoms with Crippen LogP contribution in [0.1, 0.15) is 11.5 Å². The lowest BCUT2D eigenvalue weighted by Crippen LogP contribution is -1.96. The maximum Gasteiger partial charge on any atom is 0.157 e. The van der Waals surface area contributed by atoms with Gasteiger partial charge in [-0.2, -0.15) is 0 Å². The molecule has 0 aliphatic carbocycles. The average molecular weight is 272 g/mol. The first-order valence-electron chi connectivity index (χ1n) is 5.05. The quantitative estimate of drug-likeness (QED) is 0.924. The number of benzene rings is 1. The molecule has 17 heavy (non-hydrogen) atoms. The maximum atomic E-state index is 5.97. The highest BCUT2D eigenvalue weighted by atomic mass is 35.5. The van der Waals surface area contributed by atoms with E-state index >= 15 is 0 Å². The Bertz CT molecular complexity index is 491. The van der Waals surface area contributed by atoms with E-state index in [4.69, 9.17) is 38.1 Å². The summed E-state index contributed by atoms with van der Waals surface area (Å²) in [5.74, 6) is 1.86. The Morgan fingerprint density at radius 2 is 1.71 bits per heavy atom. The van der Waals surface area contributed by atoms with Gasteiger partial charge in [-0.1, -0.05) is 29.3 Å². The first-order valence-corrected chi connectivity index (χ1v) is 5.80. The fourth-order valence-corrected chi connectivity index (χ4v) is 1.88. The molecule has 0 atom stereocenters. The molecule has 2 aromatic rings. The third kappa shape index (κ3) is 2.94. The van der Waals surface area contributed by atoms with Gasteiger partial charge in [0.2, 0.25) is 0 Å². The van der Waals surface area contributed by atoms with Crippen LogP contribution in [0.5, 0.6) is 5.75 Å². The van der Waals surface area contributed by atoms with Crippen LogP contribution < -0.4 is 10.5 Å². The summed E-state index contributed by atoms with van der Waals surface area (Å²) in [6, 6.07) is 8.82. The molecule has 0 unspecified atom stereocenters. The van der Waals surface area contributed by atoms with E-state index in [9.17, 15) is 0 Å². The van der Waals surface area contributed by atoms with E-state index in [1.807, 2.05) is 12.1 Å². The van der Waals surface area contributed by atoms with Crippen molar-refractivity contribution in [3.63, 3.8) is 0 Å². The molecule has 0 spiro atoms. The van der Waals surface area contributed by atoms with Crippen molar-refractivity contribution < 1.29 is 9.15 Å². The molecule has 2 rings (SSSR count). The molecule has 5 heteroatoms. The Morgan fingerprint density at radius 1 is 1.06 bits per heavy atom. The lowest BCUT2D eigenvalue weighted by atomic mass is 10.3. The van der Waals surface area contributed by atoms with Crippen LogP contribution in [0.15, 0.2) is 34.7 Å². The summed E-state index contributed by atoms with van der Waals surface area (Å²) < 4.78 is 10.9. The second kappa shape index (κ2) is 5.45. The van der Waals surface area contributed by atoms with Crippen molar-refractivity contribution in [2.24, 2.45) is 5.73 Å². The van der Waals surface area contributed by atoms with Crippen LogP contribution in [0.3, 0.4) is 0 Å². The molecule has 0 saturated carbocycles. The summed E-state index contributed by atoms with van der Waals surface area (Å²) in [5.41, 5.74) is 5.44. The molecule has 0 saturated heterocycles. The van der Waals surface area contributed by atoms with Crippen molar-refractivity contribution in [1.82, 2.24) is 0 Å². The molecule has 0 fully saturated rings. The predicted molar refractivity (Wildman–Crippen MR) is 67.4 cm³/mol. The highest BCUT2D eigenvalue weighted by Crippen LogP contribution is 2.32. The van der Waals surface area contributed by atoms with Crippen LogP contribution in [0, 0.1) is 0 Å². The summed E-state index contributed by atoms with van der Waals surface area (Å²) in [4.78, 5) is 0. The number of rotatable bonds is 4. The van der Waals surface area contributed by atoms with Gasteiger partial charge in [-0.25, -0.2) is 0 Å². The molecule has 0 aliphatic rings. The third-order valence-corrected chi connectivity index (χ3v) is 2.79. The van der Waals surface area contributed by atoms with Crippen LogP contribution in [-0.2, 0) is 13.2 Å². The Labute approximate surface area is 109 Å². The van der Waals surface area contributed by atoms with Gasteiger partial charge in [-0.05, 0) is 24.3 Å². The van der Waals surface area contributed by atoms with E-state index in [2.05, 4.69) is 0 Å². The van der Waals surface area contributed by atoms with Gasteiger partial charge >= 0.3 is 0 Å². The smallest absolute Gasteiger partial charge is 0.157 e. The van der Waals surface area contributed by atoms with Gasteiger partial charge in [-0.3, -0.25) is 0 Å². The first kappa shape index (κ1) is 12.3. The Hall–Kier alpha value is -1.16. The molecule has 0 aliphatic heterocycles. The fraction of sp³-hybridized carbons (Fsp3) is 0.167. The first-order chi connectivity index (χ1) is 8.20. The van der Waals surface area contributed by atoms with E-state index in [0.29, 0.717) is 33.9 Å². The molecule has 1 heterocycles. The SMILES string of the molecule is NCc1ccc(COc2c(Cl)cccc2Cl)o1. The molecule has 1 aromatic carbocycles. The molecule has 0 radical (unpaired) electrons. The monoisotopic (exact) mass is 271 g/mol. The van der Waals surface area contributed by atoms with E-state index in [-0.39, 0.29) is 6.61 Å². The van der Waals surface area contributed by atoms with Gasteiger partial charge in [0.15, 0.2) is 5.75 Å². The molecular weight excluding hydrogens is 261 g/mol. The van der Waals surface area contributed by atoms with Gasteiger partial charge in [-0.15, -0.1) is 0 Å². The minimum atomic E-state index is 0.267. The van der Waals surface area contributed by atoms with Gasteiger partial charge in [0.05, 0.1) is 16.6 Å². The number of hydrogen-bond acceptors (Lipinski definition) is 3. The van der Waals surface area contributed by atoms with Crippen LogP contribution in [0.25, 0.3) is 0 Å². The maximum absolute atomic E-state index is 5.97. The van der Waals surface area contributed by atoms with E-state index < -0.39 is 0 Å². The number of hydrogen-bond donors (Lipinski definition) is 1. The average Bonchev–Trinajstić information content (AvgIpc) is 2.76. The molecule has 1 aromatic heterocycles. The predicted octanol–water partition coefficient (Wildman–Crippen LogP) is 3.62. The normalized spacial score (nSPS) is 10.5. The summed E-state index contributed by atoms with van der Waals surface area (Å²) in [6.45, 7) is 0.635. The Morgan fingerprint density at radius 3 is 2.29 bits per heavy atom. The van der Waals surface area contributed by atoms with Crippen LogP contribution in [0.4, 0.5) is 0 Å². The largest absolute Gasteiger partial charge is 0.483 e. The lowest BCUT2D eigenvalue weighted by Gasteiger charge is -2.07. The van der Waals surface area contributed by atoms with E-state index in [1.165, 1.54) is 0 Å². The minimum absolute atomic E-state index is 0.267. The zero-order valence-electron chi connectivity index (χ0n) is 8.95. The molecule has 90 valence electrons. The summed E-state index contributed by atoms with van der Waals surface area (Å²) in [5, 5.41) is 0.950.